The molecule has 2 amide bonds. The quantitative estimate of drug-likeness (QED) is 0.210. The smallest absolute Gasteiger partial charge is 0.251 e. The zero-order valence-electron chi connectivity index (χ0n) is 26.8. The lowest BCUT2D eigenvalue weighted by Gasteiger charge is -2.33. The van der Waals surface area contributed by atoms with Crippen molar-refractivity contribution in [1.82, 2.24) is 10.6 Å². The molecule has 0 unspecified atom stereocenters. The minimum Gasteiger partial charge on any atom is -0.489 e. The molecule has 0 radical (unpaired) electrons. The summed E-state index contributed by atoms with van der Waals surface area (Å²) in [5.74, 6) is -0.855. The van der Waals surface area contributed by atoms with Gasteiger partial charge in [-0.15, -0.1) is 0 Å². The molecule has 2 aliphatic heterocycles. The monoisotopic (exact) mass is 636 g/mol. The maximum Gasteiger partial charge on any atom is 0.251 e. The highest BCUT2D eigenvalue weighted by molar-refractivity contribution is 5.94. The molecule has 2 heterocycles. The Morgan fingerprint density at radius 2 is 1.32 bits per heavy atom. The number of benzene rings is 4. The van der Waals surface area contributed by atoms with Gasteiger partial charge >= 0.3 is 0 Å². The topological polar surface area (TPSA) is 104 Å². The van der Waals surface area contributed by atoms with Gasteiger partial charge in [0.25, 0.3) is 11.8 Å². The maximum absolute atomic E-state index is 13.4. The van der Waals surface area contributed by atoms with Crippen LogP contribution >= 0.6 is 0 Å². The predicted octanol–water partition coefficient (Wildman–Crippen LogP) is 5.57. The molecular weight excluding hydrogens is 596 g/mol. The van der Waals surface area contributed by atoms with Gasteiger partial charge in [-0.2, -0.15) is 0 Å². The first-order valence-corrected chi connectivity index (χ1v) is 15.8. The van der Waals surface area contributed by atoms with Crippen LogP contribution in [0.2, 0.25) is 0 Å². The van der Waals surface area contributed by atoms with Gasteiger partial charge in [0.1, 0.15) is 24.6 Å². The highest BCUT2D eigenvalue weighted by atomic mass is 16.8. The van der Waals surface area contributed by atoms with E-state index in [0.717, 1.165) is 16.7 Å². The Balaban J connectivity index is 1.16. The second-order valence-electron chi connectivity index (χ2n) is 12.4. The summed E-state index contributed by atoms with van der Waals surface area (Å²) in [5, 5.41) is 6.01. The summed E-state index contributed by atoms with van der Waals surface area (Å²) in [7, 11) is 0. The number of nitrogens with one attached hydrogen (secondary N) is 2. The first-order valence-electron chi connectivity index (χ1n) is 15.8. The van der Waals surface area contributed by atoms with Crippen LogP contribution in [0.5, 0.6) is 5.75 Å². The van der Waals surface area contributed by atoms with Crippen molar-refractivity contribution in [2.75, 3.05) is 13.1 Å². The van der Waals surface area contributed by atoms with Crippen LogP contribution in [0, 0.1) is 6.92 Å². The van der Waals surface area contributed by atoms with E-state index >= 15 is 0 Å². The van der Waals surface area contributed by atoms with E-state index in [0.29, 0.717) is 23.5 Å². The molecule has 4 aromatic carbocycles. The van der Waals surface area contributed by atoms with E-state index in [9.17, 15) is 9.59 Å². The third kappa shape index (κ3) is 7.72. The number of ether oxygens (including phenoxy) is 5. The number of carbonyl (C=O) groups excluding carboxylic acids is 2. The van der Waals surface area contributed by atoms with Gasteiger partial charge in [0.05, 0.1) is 13.2 Å². The molecule has 9 heteroatoms. The fraction of sp³-hybridized carbons (Fsp3) is 0.316. The Kier molecular flexibility index (Phi) is 9.70. The highest BCUT2D eigenvalue weighted by Crippen LogP contribution is 2.47. The molecule has 0 bridgehead atoms. The number of hydrogen-bond donors (Lipinski definition) is 2. The van der Waals surface area contributed by atoms with Gasteiger partial charge in [0.2, 0.25) is 0 Å². The van der Waals surface area contributed by atoms with Crippen molar-refractivity contribution in [2.24, 2.45) is 0 Å². The SMILES string of the molecule is Cc1ccc(C(=O)NC[C@H]2O[C@@H](OCc3ccccc3)[C@]3(CNC(=O)c4ccc(OCc5ccccc5)cc4)OC(C)(C)O[C@H]23)cc1. The fourth-order valence-electron chi connectivity index (χ4n) is 5.93. The normalized spacial score (nSPS) is 22.7. The van der Waals surface area contributed by atoms with Crippen LogP contribution in [-0.2, 0) is 32.2 Å². The average Bonchev–Trinajstić information content (AvgIpc) is 3.52. The van der Waals surface area contributed by atoms with Crippen LogP contribution in [0.4, 0.5) is 0 Å². The Hall–Kier alpha value is -4.54. The second kappa shape index (κ2) is 14.1. The molecule has 9 nitrogen and oxygen atoms in total. The van der Waals surface area contributed by atoms with Crippen LogP contribution in [0.1, 0.15) is 51.3 Å². The number of carbonyl (C=O) groups is 2. The van der Waals surface area contributed by atoms with Crippen molar-refractivity contribution in [3.8, 4) is 5.75 Å². The zero-order chi connectivity index (χ0) is 32.9. The summed E-state index contributed by atoms with van der Waals surface area (Å²) >= 11 is 0. The molecule has 244 valence electrons. The molecule has 4 atom stereocenters. The Morgan fingerprint density at radius 3 is 1.96 bits per heavy atom. The molecule has 47 heavy (non-hydrogen) atoms. The van der Waals surface area contributed by atoms with Crippen molar-refractivity contribution in [2.45, 2.75) is 63.9 Å². The van der Waals surface area contributed by atoms with Crippen molar-refractivity contribution >= 4 is 11.8 Å². The number of amides is 2. The molecule has 0 saturated carbocycles. The van der Waals surface area contributed by atoms with Gasteiger partial charge in [-0.3, -0.25) is 9.59 Å². The first kappa shape index (κ1) is 32.4. The minimum absolute atomic E-state index is 0.0497. The van der Waals surface area contributed by atoms with Gasteiger partial charge in [-0.1, -0.05) is 78.4 Å². The summed E-state index contributed by atoms with van der Waals surface area (Å²) in [5.41, 5.74) is 2.90. The molecule has 2 saturated heterocycles. The van der Waals surface area contributed by atoms with Gasteiger partial charge in [-0.25, -0.2) is 0 Å². The van der Waals surface area contributed by atoms with E-state index in [1.54, 1.807) is 36.4 Å². The Bertz CT molecular complexity index is 1650. The van der Waals surface area contributed by atoms with Gasteiger partial charge in [0, 0.05) is 17.7 Å². The summed E-state index contributed by atoms with van der Waals surface area (Å²) in [6, 6.07) is 34.0. The molecule has 0 spiro atoms. The van der Waals surface area contributed by atoms with Crippen LogP contribution < -0.4 is 15.4 Å². The lowest BCUT2D eigenvalue weighted by molar-refractivity contribution is -0.260. The van der Waals surface area contributed by atoms with Crippen molar-refractivity contribution in [1.29, 1.82) is 0 Å². The van der Waals surface area contributed by atoms with E-state index < -0.39 is 29.9 Å². The standard InChI is InChI=1S/C38H40N2O7/c1-26-14-16-29(17-15-26)34(41)39-22-32-33-38(47-37(2,3)46-33,36(45-32)44-24-28-12-8-5-9-13-28)25-40-35(42)30-18-20-31(21-19-30)43-23-27-10-6-4-7-11-27/h4-21,32-33,36H,22-25H2,1-3H3,(H,39,41)(H,40,42)/t32-,33-,36-,38-/m1/s1. The van der Waals surface area contributed by atoms with E-state index in [4.69, 9.17) is 23.7 Å². The maximum atomic E-state index is 13.4. The number of rotatable bonds is 12. The molecule has 6 rings (SSSR count). The van der Waals surface area contributed by atoms with Crippen LogP contribution in [0.3, 0.4) is 0 Å². The zero-order valence-corrected chi connectivity index (χ0v) is 26.8. The average molecular weight is 637 g/mol. The largest absolute Gasteiger partial charge is 0.489 e. The third-order valence-electron chi connectivity index (χ3n) is 8.28. The van der Waals surface area contributed by atoms with E-state index in [-0.39, 0.29) is 31.5 Å². The molecule has 0 aromatic heterocycles. The summed E-state index contributed by atoms with van der Waals surface area (Å²) < 4.78 is 31.6. The minimum atomic E-state index is -1.19. The van der Waals surface area contributed by atoms with E-state index in [1.807, 2.05) is 93.6 Å². The van der Waals surface area contributed by atoms with Crippen molar-refractivity contribution in [3.05, 3.63) is 137 Å². The third-order valence-corrected chi connectivity index (χ3v) is 8.28. The summed E-state index contributed by atoms with van der Waals surface area (Å²) in [6.07, 6.45) is -2.15. The van der Waals surface area contributed by atoms with E-state index in [2.05, 4.69) is 10.6 Å². The van der Waals surface area contributed by atoms with E-state index in [1.165, 1.54) is 0 Å². The highest BCUT2D eigenvalue weighted by Gasteiger charge is 2.66. The molecular formula is C38H40N2O7. The van der Waals surface area contributed by atoms with Crippen molar-refractivity contribution < 1.29 is 33.3 Å². The van der Waals surface area contributed by atoms with Crippen molar-refractivity contribution in [3.63, 3.8) is 0 Å². The molecule has 2 fully saturated rings. The molecule has 2 aliphatic rings. The second-order valence-corrected chi connectivity index (χ2v) is 12.4. The Morgan fingerprint density at radius 1 is 0.745 bits per heavy atom. The number of aryl methyl sites for hydroxylation is 1. The summed E-state index contributed by atoms with van der Waals surface area (Å²) in [6.45, 7) is 6.50. The Labute approximate surface area is 275 Å². The fourth-order valence-corrected chi connectivity index (χ4v) is 5.93. The summed E-state index contributed by atoms with van der Waals surface area (Å²) in [4.78, 5) is 26.4. The predicted molar refractivity (Wildman–Crippen MR) is 176 cm³/mol. The van der Waals surface area contributed by atoms with Crippen LogP contribution in [0.25, 0.3) is 0 Å². The molecule has 4 aromatic rings. The van der Waals surface area contributed by atoms with Gasteiger partial charge in [-0.05, 0) is 68.3 Å². The first-order chi connectivity index (χ1) is 22.7. The molecule has 2 N–H and O–H groups in total. The number of hydrogen-bond acceptors (Lipinski definition) is 7. The van der Waals surface area contributed by atoms with Gasteiger partial charge < -0.3 is 34.3 Å². The van der Waals surface area contributed by atoms with Crippen LogP contribution in [-0.4, -0.2) is 54.8 Å². The lowest BCUT2D eigenvalue weighted by atomic mass is 9.94. The van der Waals surface area contributed by atoms with Gasteiger partial charge in [0.15, 0.2) is 17.7 Å². The van der Waals surface area contributed by atoms with Crippen LogP contribution in [0.15, 0.2) is 109 Å². The lowest BCUT2D eigenvalue weighted by Crippen LogP contribution is -2.56. The molecule has 0 aliphatic carbocycles. The number of fused-ring (bicyclic) bond motifs is 1.